The molecule has 0 aromatic heterocycles. The van der Waals surface area contributed by atoms with E-state index in [2.05, 4.69) is 42.5 Å². The van der Waals surface area contributed by atoms with Gasteiger partial charge in [0.1, 0.15) is 0 Å². The second kappa shape index (κ2) is 5.37. The molecule has 76 valence electrons. The van der Waals surface area contributed by atoms with Crippen molar-refractivity contribution in [1.82, 2.24) is 0 Å². The van der Waals surface area contributed by atoms with Crippen LogP contribution in [0.4, 0.5) is 0 Å². The van der Waals surface area contributed by atoms with Gasteiger partial charge in [-0.15, -0.1) is 0 Å². The summed E-state index contributed by atoms with van der Waals surface area (Å²) in [5.41, 5.74) is 1.25. The Morgan fingerprint density at radius 2 is 1.53 bits per heavy atom. The Hall–Kier alpha value is -0.751. The molecule has 0 nitrogen and oxygen atoms in total. The Kier molecular flexibility index (Phi) is 3.85. The van der Waals surface area contributed by atoms with Gasteiger partial charge >= 0.3 is 102 Å². The number of alkyl halides is 1. The van der Waals surface area contributed by atoms with E-state index in [0.717, 1.165) is 0 Å². The monoisotopic (exact) mass is 282 g/mol. The van der Waals surface area contributed by atoms with Crippen molar-refractivity contribution in [3.63, 3.8) is 0 Å². The summed E-state index contributed by atoms with van der Waals surface area (Å²) in [6, 6.07) is 19.0. The molecule has 2 aromatic rings. The number of halogens is 1. The second-order valence-corrected chi connectivity index (χ2v) is 5.76. The fraction of sp³-hybridized carbons (Fsp3) is 0.0769. The van der Waals surface area contributed by atoms with E-state index in [4.69, 9.17) is 11.6 Å². The van der Waals surface area contributed by atoms with Crippen molar-refractivity contribution in [2.24, 2.45) is 0 Å². The topological polar surface area (TPSA) is 0 Å². The van der Waals surface area contributed by atoms with Crippen LogP contribution in [0.1, 0.15) is 5.56 Å². The first-order valence-corrected chi connectivity index (χ1v) is 7.01. The van der Waals surface area contributed by atoms with Crippen LogP contribution in [0, 0.1) is 0 Å². The molecule has 0 aliphatic carbocycles. The molecule has 0 atom stereocenters. The van der Waals surface area contributed by atoms with Crippen molar-refractivity contribution in [3.8, 4) is 0 Å². The predicted molar refractivity (Wildman–Crippen MR) is 67.5 cm³/mol. The van der Waals surface area contributed by atoms with E-state index in [9.17, 15) is 0 Å². The standard InChI is InChI=1S/C13H11ClSe/c14-10-11-6-4-5-9-13(11)15-12-7-2-1-3-8-12/h1-9H,10H2. The summed E-state index contributed by atoms with van der Waals surface area (Å²) >= 11 is 6.28. The molecule has 0 saturated carbocycles. The maximum absolute atomic E-state index is 5.91. The summed E-state index contributed by atoms with van der Waals surface area (Å²) in [7, 11) is 0. The normalized spacial score (nSPS) is 10.2. The SMILES string of the molecule is ClCc1ccccc1[Se]c1ccccc1. The molecule has 0 bridgehead atoms. The van der Waals surface area contributed by atoms with Gasteiger partial charge in [-0.2, -0.15) is 0 Å². The molecule has 2 heteroatoms. The Bertz CT molecular complexity index is 426. The van der Waals surface area contributed by atoms with Crippen LogP contribution in [-0.4, -0.2) is 15.0 Å². The van der Waals surface area contributed by atoms with E-state index < -0.39 is 0 Å². The molecule has 0 unspecified atom stereocenters. The first-order valence-electron chi connectivity index (χ1n) is 4.77. The minimum absolute atomic E-state index is 0.368. The molecule has 2 aromatic carbocycles. The average molecular weight is 282 g/mol. The van der Waals surface area contributed by atoms with Gasteiger partial charge < -0.3 is 0 Å². The summed E-state index contributed by atoms with van der Waals surface area (Å²) in [4.78, 5) is 0. The van der Waals surface area contributed by atoms with Crippen molar-refractivity contribution < 1.29 is 0 Å². The first kappa shape index (κ1) is 10.8. The number of rotatable bonds is 3. The summed E-state index contributed by atoms with van der Waals surface area (Å²) in [5, 5.41) is 0. The van der Waals surface area contributed by atoms with Gasteiger partial charge in [-0.05, 0) is 0 Å². The molecule has 0 aliphatic heterocycles. The third-order valence-corrected chi connectivity index (χ3v) is 4.74. The van der Waals surface area contributed by atoms with E-state index in [1.165, 1.54) is 14.5 Å². The minimum atomic E-state index is 0.368. The fourth-order valence-corrected chi connectivity index (χ4v) is 3.77. The van der Waals surface area contributed by atoms with Crippen LogP contribution in [0.25, 0.3) is 0 Å². The zero-order chi connectivity index (χ0) is 10.5. The van der Waals surface area contributed by atoms with E-state index >= 15 is 0 Å². The Morgan fingerprint density at radius 3 is 2.27 bits per heavy atom. The van der Waals surface area contributed by atoms with Gasteiger partial charge in [-0.25, -0.2) is 0 Å². The van der Waals surface area contributed by atoms with Crippen molar-refractivity contribution in [2.75, 3.05) is 0 Å². The van der Waals surface area contributed by atoms with Crippen LogP contribution >= 0.6 is 11.6 Å². The van der Waals surface area contributed by atoms with Gasteiger partial charge in [-0.3, -0.25) is 0 Å². The van der Waals surface area contributed by atoms with Gasteiger partial charge in [0.15, 0.2) is 0 Å². The van der Waals surface area contributed by atoms with E-state index in [0.29, 0.717) is 20.8 Å². The summed E-state index contributed by atoms with van der Waals surface area (Å²) < 4.78 is 2.77. The quantitative estimate of drug-likeness (QED) is 0.597. The van der Waals surface area contributed by atoms with Gasteiger partial charge in [0.2, 0.25) is 0 Å². The van der Waals surface area contributed by atoms with Crippen molar-refractivity contribution >= 4 is 35.5 Å². The van der Waals surface area contributed by atoms with Gasteiger partial charge in [0.25, 0.3) is 0 Å². The molecule has 0 spiro atoms. The molecular weight excluding hydrogens is 271 g/mol. The Labute approximate surface area is 101 Å². The average Bonchev–Trinajstić information content (AvgIpc) is 2.31. The Morgan fingerprint density at radius 1 is 0.867 bits per heavy atom. The van der Waals surface area contributed by atoms with Gasteiger partial charge in [0, 0.05) is 0 Å². The molecule has 0 radical (unpaired) electrons. The van der Waals surface area contributed by atoms with E-state index in [1.54, 1.807) is 0 Å². The predicted octanol–water partition coefficient (Wildman–Crippen LogP) is 2.08. The van der Waals surface area contributed by atoms with Crippen LogP contribution in [0.15, 0.2) is 54.6 Å². The van der Waals surface area contributed by atoms with Gasteiger partial charge in [0.05, 0.1) is 0 Å². The summed E-state index contributed by atoms with van der Waals surface area (Å²) in [6.07, 6.45) is 0. The number of hydrogen-bond donors (Lipinski definition) is 0. The summed E-state index contributed by atoms with van der Waals surface area (Å²) in [6.45, 7) is 0. The van der Waals surface area contributed by atoms with E-state index in [-0.39, 0.29) is 0 Å². The number of benzene rings is 2. The number of hydrogen-bond acceptors (Lipinski definition) is 0. The van der Waals surface area contributed by atoms with Gasteiger partial charge in [-0.1, -0.05) is 0 Å². The molecule has 0 amide bonds. The third-order valence-electron chi connectivity index (χ3n) is 2.09. The van der Waals surface area contributed by atoms with Crippen LogP contribution in [0.2, 0.25) is 0 Å². The molecule has 0 N–H and O–H groups in total. The second-order valence-electron chi connectivity index (χ2n) is 3.16. The van der Waals surface area contributed by atoms with Crippen LogP contribution in [-0.2, 0) is 5.88 Å². The zero-order valence-corrected chi connectivity index (χ0v) is 10.7. The molecule has 0 fully saturated rings. The zero-order valence-electron chi connectivity index (χ0n) is 8.19. The van der Waals surface area contributed by atoms with Crippen molar-refractivity contribution in [3.05, 3.63) is 60.2 Å². The maximum atomic E-state index is 5.91. The molecular formula is C13H11ClSe. The molecule has 2 rings (SSSR count). The molecule has 0 aliphatic rings. The third kappa shape index (κ3) is 2.85. The van der Waals surface area contributed by atoms with Crippen LogP contribution in [0.5, 0.6) is 0 Å². The summed E-state index contributed by atoms with van der Waals surface area (Å²) in [5.74, 6) is 0.602. The van der Waals surface area contributed by atoms with E-state index in [1.807, 2.05) is 12.1 Å². The van der Waals surface area contributed by atoms with Crippen molar-refractivity contribution in [2.45, 2.75) is 5.88 Å². The Balaban J connectivity index is 2.24. The molecule has 0 saturated heterocycles. The molecule has 0 heterocycles. The molecule has 15 heavy (non-hydrogen) atoms. The van der Waals surface area contributed by atoms with Crippen LogP contribution in [0.3, 0.4) is 0 Å². The van der Waals surface area contributed by atoms with Crippen LogP contribution < -0.4 is 8.92 Å². The van der Waals surface area contributed by atoms with Crippen molar-refractivity contribution in [1.29, 1.82) is 0 Å². The first-order chi connectivity index (χ1) is 7.40. The fourth-order valence-electron chi connectivity index (χ4n) is 1.33.